The monoisotopic (exact) mass is 362 g/mol. The first-order valence-corrected chi connectivity index (χ1v) is 8.11. The normalized spacial score (nSPS) is 12.1. The minimum absolute atomic E-state index is 0.558. The van der Waals surface area contributed by atoms with Crippen LogP contribution in [-0.4, -0.2) is 33.3 Å². The molecular formula is C18H19ClN2O4. The van der Waals surface area contributed by atoms with Crippen LogP contribution in [0.25, 0.3) is 11.3 Å². The summed E-state index contributed by atoms with van der Waals surface area (Å²) in [6.45, 7) is 1.53. The van der Waals surface area contributed by atoms with E-state index in [0.29, 0.717) is 18.7 Å². The Bertz CT molecular complexity index is 795. The number of carboxylic acid groups (broad SMARTS) is 2. The summed E-state index contributed by atoms with van der Waals surface area (Å²) in [7, 11) is 0. The van der Waals surface area contributed by atoms with Crippen molar-refractivity contribution in [3.8, 4) is 11.3 Å². The quantitative estimate of drug-likeness (QED) is 0.725. The summed E-state index contributed by atoms with van der Waals surface area (Å²) < 4.78 is 2.24. The second-order valence-electron chi connectivity index (χ2n) is 5.48. The summed E-state index contributed by atoms with van der Waals surface area (Å²) in [5, 5.41) is 16.4. The zero-order valence-corrected chi connectivity index (χ0v) is 14.2. The number of aryl methyl sites for hydroxylation is 2. The van der Waals surface area contributed by atoms with Crippen LogP contribution in [0, 0.1) is 0 Å². The predicted molar refractivity (Wildman–Crippen MR) is 95.8 cm³/mol. The van der Waals surface area contributed by atoms with Crippen LogP contribution >= 0.6 is 11.6 Å². The number of carboxylic acids is 2. The van der Waals surface area contributed by atoms with Crippen LogP contribution < -0.4 is 5.73 Å². The van der Waals surface area contributed by atoms with Crippen molar-refractivity contribution in [2.24, 2.45) is 5.73 Å². The first kappa shape index (κ1) is 18.8. The standard InChI is InChI=1S/C14H15ClN2.C4H4O4/c15-12-4-3-10-1-2-11-5-7-17(8-6-16)14(11)13(10)9-12;5-3(6)1-2-4(7)8/h3-5,7,9H,1-2,6,8,16H2;1-2H,(H,5,6)(H,7,8). The Morgan fingerprint density at radius 2 is 1.76 bits per heavy atom. The minimum Gasteiger partial charge on any atom is -0.478 e. The molecule has 0 amide bonds. The number of carbonyl (C=O) groups is 2. The zero-order chi connectivity index (χ0) is 18.4. The topological polar surface area (TPSA) is 106 Å². The molecule has 0 bridgehead atoms. The van der Waals surface area contributed by atoms with Crippen LogP contribution in [0.3, 0.4) is 0 Å². The van der Waals surface area contributed by atoms with Gasteiger partial charge in [0.2, 0.25) is 0 Å². The maximum Gasteiger partial charge on any atom is 0.328 e. The van der Waals surface area contributed by atoms with E-state index in [2.05, 4.69) is 29.0 Å². The van der Waals surface area contributed by atoms with E-state index in [9.17, 15) is 9.59 Å². The van der Waals surface area contributed by atoms with E-state index >= 15 is 0 Å². The van der Waals surface area contributed by atoms with E-state index in [4.69, 9.17) is 27.5 Å². The molecule has 132 valence electrons. The molecule has 0 saturated carbocycles. The molecule has 0 unspecified atom stereocenters. The molecule has 0 radical (unpaired) electrons. The second kappa shape index (κ2) is 8.50. The maximum absolute atomic E-state index is 9.55. The first-order valence-electron chi connectivity index (χ1n) is 7.73. The van der Waals surface area contributed by atoms with E-state index in [0.717, 1.165) is 24.4 Å². The van der Waals surface area contributed by atoms with Crippen molar-refractivity contribution in [2.75, 3.05) is 6.54 Å². The van der Waals surface area contributed by atoms with E-state index in [1.807, 2.05) is 6.07 Å². The van der Waals surface area contributed by atoms with Crippen molar-refractivity contribution >= 4 is 23.5 Å². The fraction of sp³-hybridized carbons (Fsp3) is 0.222. The number of nitrogens with two attached hydrogens (primary N) is 1. The first-order chi connectivity index (χ1) is 11.9. The van der Waals surface area contributed by atoms with Gasteiger partial charge in [-0.15, -0.1) is 0 Å². The Labute approximate surface area is 150 Å². The molecule has 7 heteroatoms. The van der Waals surface area contributed by atoms with Gasteiger partial charge < -0.3 is 20.5 Å². The molecule has 6 nitrogen and oxygen atoms in total. The number of rotatable bonds is 4. The molecule has 2 aromatic rings. The van der Waals surface area contributed by atoms with Gasteiger partial charge >= 0.3 is 11.9 Å². The lowest BCUT2D eigenvalue weighted by Gasteiger charge is -2.19. The van der Waals surface area contributed by atoms with E-state index in [1.54, 1.807) is 0 Å². The van der Waals surface area contributed by atoms with Gasteiger partial charge in [-0.05, 0) is 42.2 Å². The van der Waals surface area contributed by atoms with Gasteiger partial charge in [-0.2, -0.15) is 0 Å². The van der Waals surface area contributed by atoms with Crippen molar-refractivity contribution in [2.45, 2.75) is 19.4 Å². The zero-order valence-electron chi connectivity index (χ0n) is 13.5. The summed E-state index contributed by atoms with van der Waals surface area (Å²) in [6.07, 6.45) is 5.46. The molecule has 4 N–H and O–H groups in total. The molecule has 0 aliphatic heterocycles. The molecule has 25 heavy (non-hydrogen) atoms. The van der Waals surface area contributed by atoms with E-state index in [-0.39, 0.29) is 0 Å². The molecular weight excluding hydrogens is 344 g/mol. The molecule has 1 aromatic carbocycles. The van der Waals surface area contributed by atoms with Crippen molar-refractivity contribution < 1.29 is 19.8 Å². The van der Waals surface area contributed by atoms with Crippen molar-refractivity contribution in [3.63, 3.8) is 0 Å². The fourth-order valence-corrected chi connectivity index (χ4v) is 2.94. The summed E-state index contributed by atoms with van der Waals surface area (Å²) in [6, 6.07) is 8.39. The summed E-state index contributed by atoms with van der Waals surface area (Å²) in [5.74, 6) is -2.51. The average Bonchev–Trinajstić information content (AvgIpc) is 2.97. The highest BCUT2D eigenvalue weighted by Gasteiger charge is 2.19. The van der Waals surface area contributed by atoms with E-state index in [1.165, 1.54) is 22.4 Å². The van der Waals surface area contributed by atoms with Gasteiger partial charge in [0.05, 0.1) is 5.69 Å². The third kappa shape index (κ3) is 4.95. The van der Waals surface area contributed by atoms with Crippen LogP contribution in [0.5, 0.6) is 0 Å². The van der Waals surface area contributed by atoms with Gasteiger partial charge in [0.1, 0.15) is 0 Å². The fourth-order valence-electron chi connectivity index (χ4n) is 2.77. The smallest absolute Gasteiger partial charge is 0.328 e. The summed E-state index contributed by atoms with van der Waals surface area (Å²) >= 11 is 6.11. The highest BCUT2D eigenvalue weighted by Crippen LogP contribution is 2.35. The number of benzene rings is 1. The van der Waals surface area contributed by atoms with Gasteiger partial charge in [-0.3, -0.25) is 0 Å². The molecule has 1 aliphatic carbocycles. The number of fused-ring (bicyclic) bond motifs is 3. The summed E-state index contributed by atoms with van der Waals surface area (Å²) in [5.41, 5.74) is 11.0. The second-order valence-corrected chi connectivity index (χ2v) is 5.92. The number of nitrogens with zero attached hydrogens (tertiary/aromatic N) is 1. The van der Waals surface area contributed by atoms with Crippen LogP contribution in [-0.2, 0) is 29.0 Å². The van der Waals surface area contributed by atoms with Gasteiger partial charge in [0, 0.05) is 42.0 Å². The Hall–Kier alpha value is -2.57. The molecule has 0 fully saturated rings. The molecule has 0 saturated heterocycles. The lowest BCUT2D eigenvalue weighted by Crippen LogP contribution is -2.12. The number of aromatic nitrogens is 1. The third-order valence-corrected chi connectivity index (χ3v) is 4.01. The number of hydrogen-bond donors (Lipinski definition) is 3. The Morgan fingerprint density at radius 1 is 1.12 bits per heavy atom. The lowest BCUT2D eigenvalue weighted by atomic mass is 9.90. The number of hydrogen-bond acceptors (Lipinski definition) is 3. The number of halogens is 1. The molecule has 1 aromatic heterocycles. The largest absolute Gasteiger partial charge is 0.478 e. The van der Waals surface area contributed by atoms with Crippen molar-refractivity contribution in [3.05, 3.63) is 58.8 Å². The third-order valence-electron chi connectivity index (χ3n) is 3.78. The Morgan fingerprint density at radius 3 is 2.36 bits per heavy atom. The molecule has 3 rings (SSSR count). The Kier molecular flexibility index (Phi) is 6.38. The molecule has 1 heterocycles. The predicted octanol–water partition coefficient (Wildman–Crippen LogP) is 2.58. The average molecular weight is 363 g/mol. The van der Waals surface area contributed by atoms with Gasteiger partial charge in [-0.1, -0.05) is 17.7 Å². The number of aliphatic carboxylic acids is 2. The van der Waals surface area contributed by atoms with E-state index < -0.39 is 11.9 Å². The van der Waals surface area contributed by atoms with Gasteiger partial charge in [0.15, 0.2) is 0 Å². The SMILES string of the molecule is NCCn1ccc2c1-c1cc(Cl)ccc1CC2.O=C(O)C=CC(=O)O. The molecule has 1 aliphatic rings. The lowest BCUT2D eigenvalue weighted by molar-refractivity contribution is -0.134. The summed E-state index contributed by atoms with van der Waals surface area (Å²) in [4.78, 5) is 19.1. The Balaban J connectivity index is 0.000000242. The van der Waals surface area contributed by atoms with Crippen LogP contribution in [0.15, 0.2) is 42.6 Å². The van der Waals surface area contributed by atoms with Crippen LogP contribution in [0.4, 0.5) is 0 Å². The molecule has 0 spiro atoms. The van der Waals surface area contributed by atoms with Gasteiger partial charge in [0.25, 0.3) is 0 Å². The maximum atomic E-state index is 9.55. The van der Waals surface area contributed by atoms with Crippen molar-refractivity contribution in [1.82, 2.24) is 4.57 Å². The highest BCUT2D eigenvalue weighted by molar-refractivity contribution is 6.30. The van der Waals surface area contributed by atoms with Crippen LogP contribution in [0.2, 0.25) is 5.02 Å². The minimum atomic E-state index is -1.26. The molecule has 0 atom stereocenters. The van der Waals surface area contributed by atoms with Gasteiger partial charge in [-0.25, -0.2) is 9.59 Å². The van der Waals surface area contributed by atoms with Crippen molar-refractivity contribution in [1.29, 1.82) is 0 Å². The highest BCUT2D eigenvalue weighted by atomic mass is 35.5. The van der Waals surface area contributed by atoms with Crippen LogP contribution in [0.1, 0.15) is 11.1 Å².